The van der Waals surface area contributed by atoms with Crippen LogP contribution in [-0.2, 0) is 9.53 Å². The van der Waals surface area contributed by atoms with Gasteiger partial charge in [0.05, 0.1) is 13.0 Å². The zero-order valence-electron chi connectivity index (χ0n) is 6.04. The predicted octanol–water partition coefficient (Wildman–Crippen LogP) is 0.178. The summed E-state index contributed by atoms with van der Waals surface area (Å²) < 4.78 is 4.53. The van der Waals surface area contributed by atoms with Gasteiger partial charge in [0.1, 0.15) is 0 Å². The molecule has 0 aromatic heterocycles. The first-order chi connectivity index (χ1) is 4.79. The Morgan fingerprint density at radius 3 is 3.00 bits per heavy atom. The van der Waals surface area contributed by atoms with E-state index in [2.05, 4.69) is 4.74 Å². The first-order valence-corrected chi connectivity index (χ1v) is 3.48. The van der Waals surface area contributed by atoms with E-state index in [-0.39, 0.29) is 18.5 Å². The Bertz CT molecular complexity index is 133. The molecule has 3 heteroatoms. The van der Waals surface area contributed by atoms with Crippen LogP contribution in [0, 0.1) is 11.8 Å². The van der Waals surface area contributed by atoms with Crippen LogP contribution in [0.4, 0.5) is 0 Å². The molecule has 0 aromatic carbocycles. The molecule has 0 heterocycles. The van der Waals surface area contributed by atoms with E-state index in [1.54, 1.807) is 0 Å². The summed E-state index contributed by atoms with van der Waals surface area (Å²) in [5.74, 6) is 0.341. The van der Waals surface area contributed by atoms with Crippen LogP contribution in [-0.4, -0.2) is 24.8 Å². The molecule has 0 saturated heterocycles. The molecule has 2 atom stereocenters. The van der Waals surface area contributed by atoms with Crippen molar-refractivity contribution in [2.75, 3.05) is 13.7 Å². The van der Waals surface area contributed by atoms with Crippen LogP contribution >= 0.6 is 0 Å². The zero-order chi connectivity index (χ0) is 7.56. The number of aliphatic hydroxyl groups is 1. The highest BCUT2D eigenvalue weighted by Gasteiger charge is 2.42. The summed E-state index contributed by atoms with van der Waals surface area (Å²) >= 11 is 0. The molecule has 1 aliphatic carbocycles. The van der Waals surface area contributed by atoms with E-state index in [1.807, 2.05) is 0 Å². The van der Waals surface area contributed by atoms with Gasteiger partial charge in [-0.05, 0) is 18.8 Å². The third-order valence-electron chi connectivity index (χ3n) is 1.93. The van der Waals surface area contributed by atoms with Crippen molar-refractivity contribution >= 4 is 5.97 Å². The molecule has 0 spiro atoms. The number of hydrogen-bond acceptors (Lipinski definition) is 3. The van der Waals surface area contributed by atoms with Crippen molar-refractivity contribution in [2.45, 2.75) is 12.8 Å². The maximum absolute atomic E-state index is 10.8. The predicted molar refractivity (Wildman–Crippen MR) is 35.3 cm³/mol. The van der Waals surface area contributed by atoms with Gasteiger partial charge in [-0.25, -0.2) is 0 Å². The summed E-state index contributed by atoms with van der Waals surface area (Å²) in [6.07, 6.45) is 1.63. The molecule has 3 nitrogen and oxygen atoms in total. The lowest BCUT2D eigenvalue weighted by atomic mass is 10.2. The quantitative estimate of drug-likeness (QED) is 0.575. The Kier molecular flexibility index (Phi) is 2.27. The molecule has 0 radical (unpaired) electrons. The van der Waals surface area contributed by atoms with Gasteiger partial charge < -0.3 is 9.84 Å². The molecular weight excluding hydrogens is 132 g/mol. The van der Waals surface area contributed by atoms with E-state index < -0.39 is 0 Å². The van der Waals surface area contributed by atoms with Gasteiger partial charge in [0.2, 0.25) is 0 Å². The molecule has 1 N–H and O–H groups in total. The van der Waals surface area contributed by atoms with Crippen molar-refractivity contribution in [3.05, 3.63) is 0 Å². The smallest absolute Gasteiger partial charge is 0.308 e. The molecular formula is C7H12O3. The molecule has 10 heavy (non-hydrogen) atoms. The van der Waals surface area contributed by atoms with Crippen LogP contribution in [0.15, 0.2) is 0 Å². The van der Waals surface area contributed by atoms with Gasteiger partial charge in [0.25, 0.3) is 0 Å². The van der Waals surface area contributed by atoms with Crippen molar-refractivity contribution in [3.63, 3.8) is 0 Å². The topological polar surface area (TPSA) is 46.5 Å². The number of methoxy groups -OCH3 is 1. The maximum atomic E-state index is 10.8. The first-order valence-electron chi connectivity index (χ1n) is 3.48. The minimum atomic E-state index is -0.126. The van der Waals surface area contributed by atoms with E-state index in [4.69, 9.17) is 5.11 Å². The fourth-order valence-corrected chi connectivity index (χ4v) is 1.17. The molecule has 0 unspecified atom stereocenters. The Hall–Kier alpha value is -0.570. The van der Waals surface area contributed by atoms with E-state index in [9.17, 15) is 4.79 Å². The number of hydrogen-bond donors (Lipinski definition) is 1. The lowest BCUT2D eigenvalue weighted by molar-refractivity contribution is -0.142. The van der Waals surface area contributed by atoms with Crippen LogP contribution in [0.3, 0.4) is 0 Å². The standard InChI is InChI=1S/C7H12O3/c1-10-7(9)6-4-5(6)2-3-8/h5-6,8H,2-4H2,1H3/t5-,6-/m0/s1. The molecule has 0 amide bonds. The number of ether oxygens (including phenoxy) is 1. The first kappa shape index (κ1) is 7.54. The van der Waals surface area contributed by atoms with Gasteiger partial charge in [0, 0.05) is 6.61 Å². The highest BCUT2D eigenvalue weighted by atomic mass is 16.5. The Balaban J connectivity index is 2.18. The van der Waals surface area contributed by atoms with Crippen molar-refractivity contribution < 1.29 is 14.6 Å². The number of carbonyl (C=O) groups is 1. The van der Waals surface area contributed by atoms with Crippen LogP contribution < -0.4 is 0 Å². The molecule has 1 fully saturated rings. The normalized spacial score (nSPS) is 29.8. The molecule has 0 aromatic rings. The van der Waals surface area contributed by atoms with E-state index >= 15 is 0 Å². The number of rotatable bonds is 3. The zero-order valence-corrected chi connectivity index (χ0v) is 6.04. The second kappa shape index (κ2) is 3.01. The fraction of sp³-hybridized carbons (Fsp3) is 0.857. The second-order valence-corrected chi connectivity index (χ2v) is 2.64. The molecule has 1 rings (SSSR count). The lowest BCUT2D eigenvalue weighted by Gasteiger charge is -1.94. The third kappa shape index (κ3) is 1.48. The Morgan fingerprint density at radius 1 is 1.80 bits per heavy atom. The van der Waals surface area contributed by atoms with Gasteiger partial charge in [-0.2, -0.15) is 0 Å². The largest absolute Gasteiger partial charge is 0.469 e. The van der Waals surface area contributed by atoms with Crippen molar-refractivity contribution in [1.29, 1.82) is 0 Å². The highest BCUT2D eigenvalue weighted by molar-refractivity contribution is 5.75. The highest BCUT2D eigenvalue weighted by Crippen LogP contribution is 2.41. The number of carbonyl (C=O) groups excluding carboxylic acids is 1. The minimum absolute atomic E-state index is 0.0807. The third-order valence-corrected chi connectivity index (χ3v) is 1.93. The minimum Gasteiger partial charge on any atom is -0.469 e. The summed E-state index contributed by atoms with van der Waals surface area (Å²) in [4.78, 5) is 10.8. The summed E-state index contributed by atoms with van der Waals surface area (Å²) in [6.45, 7) is 0.179. The average Bonchev–Trinajstić information content (AvgIpc) is 2.67. The second-order valence-electron chi connectivity index (χ2n) is 2.64. The summed E-state index contributed by atoms with van der Waals surface area (Å²) in [5.41, 5.74) is 0. The average molecular weight is 144 g/mol. The van der Waals surface area contributed by atoms with Crippen molar-refractivity contribution in [3.8, 4) is 0 Å². The SMILES string of the molecule is COC(=O)[C@H]1C[C@@H]1CCO. The van der Waals surface area contributed by atoms with Crippen LogP contribution in [0.1, 0.15) is 12.8 Å². The van der Waals surface area contributed by atoms with Gasteiger partial charge in [-0.3, -0.25) is 4.79 Å². The van der Waals surface area contributed by atoms with Crippen LogP contribution in [0.25, 0.3) is 0 Å². The molecule has 58 valence electrons. The summed E-state index contributed by atoms with van der Waals surface area (Å²) in [6, 6.07) is 0. The van der Waals surface area contributed by atoms with E-state index in [0.717, 1.165) is 12.8 Å². The van der Waals surface area contributed by atoms with Crippen molar-refractivity contribution in [1.82, 2.24) is 0 Å². The Labute approximate surface area is 60.0 Å². The lowest BCUT2D eigenvalue weighted by Crippen LogP contribution is -2.04. The summed E-state index contributed by atoms with van der Waals surface area (Å²) in [5, 5.41) is 8.50. The van der Waals surface area contributed by atoms with Gasteiger partial charge in [-0.15, -0.1) is 0 Å². The Morgan fingerprint density at radius 2 is 2.50 bits per heavy atom. The van der Waals surface area contributed by atoms with Crippen LogP contribution in [0.2, 0.25) is 0 Å². The van der Waals surface area contributed by atoms with E-state index in [0.29, 0.717) is 5.92 Å². The number of aliphatic hydroxyl groups excluding tert-OH is 1. The number of esters is 1. The molecule has 0 aliphatic heterocycles. The molecule has 1 aliphatic rings. The van der Waals surface area contributed by atoms with Gasteiger partial charge >= 0.3 is 5.97 Å². The van der Waals surface area contributed by atoms with Gasteiger partial charge in [0.15, 0.2) is 0 Å². The maximum Gasteiger partial charge on any atom is 0.308 e. The fourth-order valence-electron chi connectivity index (χ4n) is 1.17. The monoisotopic (exact) mass is 144 g/mol. The molecule has 1 saturated carbocycles. The van der Waals surface area contributed by atoms with Crippen molar-refractivity contribution in [2.24, 2.45) is 11.8 Å². The van der Waals surface area contributed by atoms with E-state index in [1.165, 1.54) is 7.11 Å². The summed E-state index contributed by atoms with van der Waals surface area (Å²) in [7, 11) is 1.40. The van der Waals surface area contributed by atoms with Gasteiger partial charge in [-0.1, -0.05) is 0 Å². The van der Waals surface area contributed by atoms with Crippen LogP contribution in [0.5, 0.6) is 0 Å². The molecule has 0 bridgehead atoms.